The largest absolute Gasteiger partial charge is 0.497 e. The van der Waals surface area contributed by atoms with Gasteiger partial charge in [0.1, 0.15) is 18.4 Å². The molecule has 0 aliphatic rings. The van der Waals surface area contributed by atoms with Crippen molar-refractivity contribution in [3.63, 3.8) is 0 Å². The average Bonchev–Trinajstić information content (AvgIpc) is 3.17. The second kappa shape index (κ2) is 7.61. The molecule has 2 aromatic carbocycles. The highest BCUT2D eigenvalue weighted by atomic mass is 16.5. The smallest absolute Gasteiger partial charge is 0.224 e. The van der Waals surface area contributed by atoms with Gasteiger partial charge in [-0.15, -0.1) is 0 Å². The lowest BCUT2D eigenvalue weighted by Gasteiger charge is -2.15. The van der Waals surface area contributed by atoms with Crippen LogP contribution >= 0.6 is 0 Å². The van der Waals surface area contributed by atoms with Gasteiger partial charge in [-0.2, -0.15) is 5.10 Å². The SMILES string of the molecule is COc1ccc(CC(=O)N[C@@H](C)c2ccc(-n3cncn3)cc2)cc1. The van der Waals surface area contributed by atoms with E-state index in [0.717, 1.165) is 22.6 Å². The number of rotatable bonds is 6. The van der Waals surface area contributed by atoms with Gasteiger partial charge in [0, 0.05) is 0 Å². The number of benzene rings is 2. The summed E-state index contributed by atoms with van der Waals surface area (Å²) in [6, 6.07) is 15.3. The Kier molecular flexibility index (Phi) is 5.09. The Balaban J connectivity index is 1.59. The number of hydrogen-bond acceptors (Lipinski definition) is 4. The van der Waals surface area contributed by atoms with Crippen LogP contribution in [0, 0.1) is 0 Å². The number of methoxy groups -OCH3 is 1. The van der Waals surface area contributed by atoms with Crippen molar-refractivity contribution in [2.45, 2.75) is 19.4 Å². The topological polar surface area (TPSA) is 69.0 Å². The van der Waals surface area contributed by atoms with Gasteiger partial charge in [-0.05, 0) is 42.3 Å². The van der Waals surface area contributed by atoms with Gasteiger partial charge >= 0.3 is 0 Å². The number of ether oxygens (including phenoxy) is 1. The summed E-state index contributed by atoms with van der Waals surface area (Å²) < 4.78 is 6.81. The van der Waals surface area contributed by atoms with Gasteiger partial charge in [-0.3, -0.25) is 4.79 Å². The van der Waals surface area contributed by atoms with Crippen molar-refractivity contribution in [1.29, 1.82) is 0 Å². The van der Waals surface area contributed by atoms with Gasteiger partial charge in [0.2, 0.25) is 5.91 Å². The predicted octanol–water partition coefficient (Wildman–Crippen LogP) is 2.70. The zero-order valence-electron chi connectivity index (χ0n) is 14.2. The van der Waals surface area contributed by atoms with Crippen molar-refractivity contribution in [2.24, 2.45) is 0 Å². The highest BCUT2D eigenvalue weighted by Crippen LogP contribution is 2.16. The number of carbonyl (C=O) groups excluding carboxylic acids is 1. The van der Waals surface area contributed by atoms with Crippen molar-refractivity contribution >= 4 is 5.91 Å². The van der Waals surface area contributed by atoms with E-state index in [0.29, 0.717) is 6.42 Å². The van der Waals surface area contributed by atoms with Gasteiger partial charge < -0.3 is 10.1 Å². The molecular formula is C19H20N4O2. The van der Waals surface area contributed by atoms with Crippen LogP contribution in [-0.2, 0) is 11.2 Å². The van der Waals surface area contributed by atoms with Crippen molar-refractivity contribution < 1.29 is 9.53 Å². The molecule has 0 bridgehead atoms. The van der Waals surface area contributed by atoms with Crippen LogP contribution in [0.4, 0.5) is 0 Å². The minimum absolute atomic E-state index is 0.0157. The molecule has 1 atom stereocenters. The van der Waals surface area contributed by atoms with E-state index in [-0.39, 0.29) is 11.9 Å². The molecule has 0 saturated carbocycles. The van der Waals surface area contributed by atoms with Crippen LogP contribution in [0.3, 0.4) is 0 Å². The third-order valence-electron chi connectivity index (χ3n) is 3.98. The Labute approximate surface area is 146 Å². The maximum atomic E-state index is 12.2. The molecule has 1 heterocycles. The molecule has 0 saturated heterocycles. The number of aromatic nitrogens is 3. The molecule has 6 heteroatoms. The average molecular weight is 336 g/mol. The summed E-state index contributed by atoms with van der Waals surface area (Å²) >= 11 is 0. The number of nitrogens with one attached hydrogen (secondary N) is 1. The summed E-state index contributed by atoms with van der Waals surface area (Å²) in [6.45, 7) is 1.97. The van der Waals surface area contributed by atoms with E-state index in [1.54, 1.807) is 18.1 Å². The summed E-state index contributed by atoms with van der Waals surface area (Å²) in [6.07, 6.45) is 3.48. The predicted molar refractivity (Wildman–Crippen MR) is 94.6 cm³/mol. The lowest BCUT2D eigenvalue weighted by Crippen LogP contribution is -2.28. The number of carbonyl (C=O) groups is 1. The molecule has 3 rings (SSSR count). The molecule has 0 aliphatic carbocycles. The van der Waals surface area contributed by atoms with Crippen LogP contribution in [0.5, 0.6) is 5.75 Å². The second-order valence-corrected chi connectivity index (χ2v) is 5.75. The summed E-state index contributed by atoms with van der Waals surface area (Å²) in [7, 11) is 1.62. The van der Waals surface area contributed by atoms with Crippen LogP contribution in [0.1, 0.15) is 24.1 Å². The summed E-state index contributed by atoms with van der Waals surface area (Å²) in [5.74, 6) is 0.767. The van der Waals surface area contributed by atoms with E-state index in [1.807, 2.05) is 55.5 Å². The molecule has 3 aromatic rings. The highest BCUT2D eigenvalue weighted by molar-refractivity contribution is 5.79. The first-order valence-electron chi connectivity index (χ1n) is 8.03. The number of nitrogens with zero attached hydrogens (tertiary/aromatic N) is 3. The van der Waals surface area contributed by atoms with Crippen molar-refractivity contribution in [1.82, 2.24) is 20.1 Å². The van der Waals surface area contributed by atoms with Crippen LogP contribution in [0.25, 0.3) is 5.69 Å². The van der Waals surface area contributed by atoms with Crippen LogP contribution in [0.2, 0.25) is 0 Å². The molecule has 1 amide bonds. The fourth-order valence-corrected chi connectivity index (χ4v) is 2.56. The van der Waals surface area contributed by atoms with E-state index in [4.69, 9.17) is 4.74 Å². The van der Waals surface area contributed by atoms with Crippen molar-refractivity contribution in [3.8, 4) is 11.4 Å². The Hall–Kier alpha value is -3.15. The van der Waals surface area contributed by atoms with E-state index >= 15 is 0 Å². The lowest BCUT2D eigenvalue weighted by molar-refractivity contribution is -0.121. The minimum atomic E-state index is -0.0736. The summed E-state index contributed by atoms with van der Waals surface area (Å²) in [5, 5.41) is 7.12. The van der Waals surface area contributed by atoms with Gasteiger partial charge in [0.05, 0.1) is 25.3 Å². The van der Waals surface area contributed by atoms with E-state index in [1.165, 1.54) is 6.33 Å². The first-order valence-corrected chi connectivity index (χ1v) is 8.03. The molecule has 6 nitrogen and oxygen atoms in total. The standard InChI is InChI=1S/C19H20N4O2/c1-14(16-5-7-17(8-6-16)23-13-20-12-21-23)22-19(24)11-15-3-9-18(25-2)10-4-15/h3-10,12-14H,11H2,1-2H3,(H,22,24)/t14-/m0/s1. The Morgan fingerprint density at radius 1 is 1.16 bits per heavy atom. The third kappa shape index (κ3) is 4.23. The fraction of sp³-hybridized carbons (Fsp3) is 0.211. The molecule has 0 aliphatic heterocycles. The molecule has 1 N–H and O–H groups in total. The maximum absolute atomic E-state index is 12.2. The molecular weight excluding hydrogens is 316 g/mol. The van der Waals surface area contributed by atoms with Gasteiger partial charge in [0.15, 0.2) is 0 Å². The second-order valence-electron chi connectivity index (χ2n) is 5.75. The lowest BCUT2D eigenvalue weighted by atomic mass is 10.1. The molecule has 0 spiro atoms. The zero-order chi connectivity index (χ0) is 17.6. The summed E-state index contributed by atoms with van der Waals surface area (Å²) in [4.78, 5) is 16.2. The fourth-order valence-electron chi connectivity index (χ4n) is 2.56. The molecule has 0 fully saturated rings. The van der Waals surface area contributed by atoms with Gasteiger partial charge in [-0.1, -0.05) is 24.3 Å². The van der Waals surface area contributed by atoms with E-state index in [9.17, 15) is 4.79 Å². The van der Waals surface area contributed by atoms with Crippen molar-refractivity contribution in [2.75, 3.05) is 7.11 Å². The van der Waals surface area contributed by atoms with E-state index in [2.05, 4.69) is 15.4 Å². The van der Waals surface area contributed by atoms with Gasteiger partial charge in [-0.25, -0.2) is 9.67 Å². The van der Waals surface area contributed by atoms with Crippen LogP contribution < -0.4 is 10.1 Å². The molecule has 25 heavy (non-hydrogen) atoms. The third-order valence-corrected chi connectivity index (χ3v) is 3.98. The van der Waals surface area contributed by atoms with E-state index < -0.39 is 0 Å². The first-order chi connectivity index (χ1) is 12.2. The Morgan fingerprint density at radius 2 is 1.88 bits per heavy atom. The molecule has 0 unspecified atom stereocenters. The molecule has 1 aromatic heterocycles. The Morgan fingerprint density at radius 3 is 2.48 bits per heavy atom. The van der Waals surface area contributed by atoms with Crippen LogP contribution in [-0.4, -0.2) is 27.8 Å². The Bertz CT molecular complexity index is 812. The summed E-state index contributed by atoms with van der Waals surface area (Å²) in [5.41, 5.74) is 2.91. The highest BCUT2D eigenvalue weighted by Gasteiger charge is 2.10. The minimum Gasteiger partial charge on any atom is -0.497 e. The quantitative estimate of drug-likeness (QED) is 0.751. The maximum Gasteiger partial charge on any atom is 0.224 e. The van der Waals surface area contributed by atoms with Crippen LogP contribution in [0.15, 0.2) is 61.2 Å². The molecule has 0 radical (unpaired) electrons. The number of amides is 1. The monoisotopic (exact) mass is 336 g/mol. The normalized spacial score (nSPS) is 11.8. The van der Waals surface area contributed by atoms with Crippen molar-refractivity contribution in [3.05, 3.63) is 72.3 Å². The number of hydrogen-bond donors (Lipinski definition) is 1. The first kappa shape index (κ1) is 16.7. The zero-order valence-corrected chi connectivity index (χ0v) is 14.2. The van der Waals surface area contributed by atoms with Gasteiger partial charge in [0.25, 0.3) is 0 Å². The molecule has 128 valence electrons.